The number of methoxy groups -OCH3 is 1. The van der Waals surface area contributed by atoms with Crippen molar-refractivity contribution in [3.8, 4) is 5.75 Å². The summed E-state index contributed by atoms with van der Waals surface area (Å²) in [4.78, 5) is 0. The molecule has 0 radical (unpaired) electrons. The molecule has 1 aromatic heterocycles. The third-order valence-electron chi connectivity index (χ3n) is 2.19. The highest BCUT2D eigenvalue weighted by Crippen LogP contribution is 2.21. The molecule has 4 nitrogen and oxygen atoms in total. The molecule has 0 aliphatic carbocycles. The second-order valence-corrected chi connectivity index (χ2v) is 3.12. The lowest BCUT2D eigenvalue weighted by Crippen LogP contribution is -2.05. The molecule has 4 heteroatoms. The van der Waals surface area contributed by atoms with Gasteiger partial charge in [-0.05, 0) is 25.2 Å². The Kier molecular flexibility index (Phi) is 2.37. The zero-order valence-electron chi connectivity index (χ0n) is 8.29. The smallest absolute Gasteiger partial charge is 0.119 e. The van der Waals surface area contributed by atoms with Gasteiger partial charge in [-0.25, -0.2) is 0 Å². The summed E-state index contributed by atoms with van der Waals surface area (Å²) in [6.07, 6.45) is 0. The largest absolute Gasteiger partial charge is 0.497 e. The van der Waals surface area contributed by atoms with E-state index in [4.69, 9.17) is 4.74 Å². The fourth-order valence-corrected chi connectivity index (χ4v) is 1.48. The van der Waals surface area contributed by atoms with E-state index in [-0.39, 0.29) is 0 Å². The Bertz CT molecular complexity index is 436. The van der Waals surface area contributed by atoms with Crippen molar-refractivity contribution < 1.29 is 4.74 Å². The fraction of sp³-hybridized carbons (Fsp3) is 0.300. The van der Waals surface area contributed by atoms with Crippen LogP contribution in [-0.4, -0.2) is 24.4 Å². The first kappa shape index (κ1) is 9.02. The molecule has 0 amide bonds. The number of H-pyrrole nitrogens is 1. The van der Waals surface area contributed by atoms with Gasteiger partial charge in [0.1, 0.15) is 5.75 Å². The van der Waals surface area contributed by atoms with Crippen LogP contribution in [0.25, 0.3) is 10.9 Å². The van der Waals surface area contributed by atoms with E-state index in [9.17, 15) is 0 Å². The Morgan fingerprint density at radius 1 is 1.50 bits per heavy atom. The van der Waals surface area contributed by atoms with Crippen molar-refractivity contribution in [3.63, 3.8) is 0 Å². The van der Waals surface area contributed by atoms with Gasteiger partial charge in [0.15, 0.2) is 0 Å². The molecule has 0 aliphatic heterocycles. The first-order chi connectivity index (χ1) is 6.85. The standard InChI is InChI=1S/C10H13N3O/c1-11-6-10-8-5-7(14-2)3-4-9(8)12-13-10/h3-5,11H,6H2,1-2H3,(H,12,13). The maximum absolute atomic E-state index is 5.16. The molecule has 74 valence electrons. The molecular weight excluding hydrogens is 178 g/mol. The van der Waals surface area contributed by atoms with Gasteiger partial charge in [0, 0.05) is 11.9 Å². The second kappa shape index (κ2) is 3.67. The van der Waals surface area contributed by atoms with Crippen molar-refractivity contribution in [2.75, 3.05) is 14.2 Å². The number of ether oxygens (including phenoxy) is 1. The number of rotatable bonds is 3. The van der Waals surface area contributed by atoms with Gasteiger partial charge in [-0.3, -0.25) is 5.10 Å². The molecule has 2 rings (SSSR count). The summed E-state index contributed by atoms with van der Waals surface area (Å²) >= 11 is 0. The number of benzene rings is 1. The van der Waals surface area contributed by atoms with Gasteiger partial charge >= 0.3 is 0 Å². The predicted octanol–water partition coefficient (Wildman–Crippen LogP) is 1.29. The molecule has 2 N–H and O–H groups in total. The maximum atomic E-state index is 5.16. The number of hydrogen-bond donors (Lipinski definition) is 2. The molecule has 1 heterocycles. The summed E-state index contributed by atoms with van der Waals surface area (Å²) in [6, 6.07) is 5.85. The number of nitrogens with zero attached hydrogens (tertiary/aromatic N) is 1. The van der Waals surface area contributed by atoms with Crippen LogP contribution in [0.3, 0.4) is 0 Å². The van der Waals surface area contributed by atoms with Crippen molar-refractivity contribution in [2.24, 2.45) is 0 Å². The van der Waals surface area contributed by atoms with Gasteiger partial charge in [-0.1, -0.05) is 0 Å². The van der Waals surface area contributed by atoms with Crippen LogP contribution in [0.15, 0.2) is 18.2 Å². The Morgan fingerprint density at radius 2 is 2.36 bits per heavy atom. The van der Waals surface area contributed by atoms with Gasteiger partial charge in [0.2, 0.25) is 0 Å². The summed E-state index contributed by atoms with van der Waals surface area (Å²) in [7, 11) is 3.58. The topological polar surface area (TPSA) is 49.9 Å². The third kappa shape index (κ3) is 1.44. The molecule has 0 aliphatic rings. The summed E-state index contributed by atoms with van der Waals surface area (Å²) in [6.45, 7) is 0.781. The molecule has 14 heavy (non-hydrogen) atoms. The van der Waals surface area contributed by atoms with Gasteiger partial charge < -0.3 is 10.1 Å². The third-order valence-corrected chi connectivity index (χ3v) is 2.19. The summed E-state index contributed by atoms with van der Waals surface area (Å²) in [5.74, 6) is 0.858. The van der Waals surface area contributed by atoms with Crippen LogP contribution in [0.5, 0.6) is 5.75 Å². The summed E-state index contributed by atoms with van der Waals surface area (Å²) < 4.78 is 5.16. The van der Waals surface area contributed by atoms with Crippen LogP contribution in [0.4, 0.5) is 0 Å². The van der Waals surface area contributed by atoms with Crippen LogP contribution in [0.2, 0.25) is 0 Å². The second-order valence-electron chi connectivity index (χ2n) is 3.12. The monoisotopic (exact) mass is 191 g/mol. The average Bonchev–Trinajstić information content (AvgIpc) is 2.61. The highest BCUT2D eigenvalue weighted by atomic mass is 16.5. The highest BCUT2D eigenvalue weighted by molar-refractivity contribution is 5.82. The zero-order chi connectivity index (χ0) is 9.97. The number of nitrogens with one attached hydrogen (secondary N) is 2. The molecule has 0 spiro atoms. The molecule has 0 unspecified atom stereocenters. The normalized spacial score (nSPS) is 10.7. The van der Waals surface area contributed by atoms with Gasteiger partial charge in [-0.15, -0.1) is 0 Å². The number of aromatic amines is 1. The van der Waals surface area contributed by atoms with E-state index in [0.29, 0.717) is 0 Å². The first-order valence-electron chi connectivity index (χ1n) is 4.50. The molecule has 2 aromatic rings. The minimum atomic E-state index is 0.781. The fourth-order valence-electron chi connectivity index (χ4n) is 1.48. The minimum absolute atomic E-state index is 0.781. The Balaban J connectivity index is 2.52. The van der Waals surface area contributed by atoms with Gasteiger partial charge in [0.05, 0.1) is 18.3 Å². The molecule has 1 aromatic carbocycles. The Morgan fingerprint density at radius 3 is 3.07 bits per heavy atom. The van der Waals surface area contributed by atoms with Crippen molar-refractivity contribution in [1.82, 2.24) is 15.5 Å². The van der Waals surface area contributed by atoms with E-state index in [1.54, 1.807) is 7.11 Å². The molecule has 0 fully saturated rings. The number of hydrogen-bond acceptors (Lipinski definition) is 3. The van der Waals surface area contributed by atoms with E-state index in [2.05, 4.69) is 15.5 Å². The first-order valence-corrected chi connectivity index (χ1v) is 4.50. The highest BCUT2D eigenvalue weighted by Gasteiger charge is 2.04. The molecule has 0 saturated carbocycles. The Hall–Kier alpha value is -1.55. The van der Waals surface area contributed by atoms with Gasteiger partial charge in [0.25, 0.3) is 0 Å². The molecular formula is C10H13N3O. The van der Waals surface area contributed by atoms with Crippen molar-refractivity contribution in [1.29, 1.82) is 0 Å². The van der Waals surface area contributed by atoms with E-state index in [1.165, 1.54) is 0 Å². The van der Waals surface area contributed by atoms with Crippen LogP contribution in [0, 0.1) is 0 Å². The molecule has 0 atom stereocenters. The van der Waals surface area contributed by atoms with E-state index >= 15 is 0 Å². The van der Waals surface area contributed by atoms with Crippen LogP contribution < -0.4 is 10.1 Å². The molecule has 0 saturated heterocycles. The summed E-state index contributed by atoms with van der Waals surface area (Å²) in [5.41, 5.74) is 2.05. The van der Waals surface area contributed by atoms with E-state index in [0.717, 1.165) is 28.9 Å². The predicted molar refractivity (Wildman–Crippen MR) is 55.4 cm³/mol. The SMILES string of the molecule is CNCc1[nH]nc2ccc(OC)cc12. The maximum Gasteiger partial charge on any atom is 0.119 e. The lowest BCUT2D eigenvalue weighted by molar-refractivity contribution is 0.415. The van der Waals surface area contributed by atoms with E-state index < -0.39 is 0 Å². The van der Waals surface area contributed by atoms with Crippen LogP contribution in [0.1, 0.15) is 5.69 Å². The van der Waals surface area contributed by atoms with Crippen molar-refractivity contribution in [3.05, 3.63) is 23.9 Å². The van der Waals surface area contributed by atoms with Crippen LogP contribution in [-0.2, 0) is 6.54 Å². The Labute approximate surface area is 82.3 Å². The van der Waals surface area contributed by atoms with Crippen molar-refractivity contribution >= 4 is 10.9 Å². The summed E-state index contributed by atoms with van der Waals surface area (Å²) in [5, 5.41) is 11.4. The average molecular weight is 191 g/mol. The lowest BCUT2D eigenvalue weighted by atomic mass is 10.2. The van der Waals surface area contributed by atoms with E-state index in [1.807, 2.05) is 25.2 Å². The quantitative estimate of drug-likeness (QED) is 0.768. The molecule has 0 bridgehead atoms. The number of fused-ring (bicyclic) bond motifs is 1. The van der Waals surface area contributed by atoms with Crippen molar-refractivity contribution in [2.45, 2.75) is 6.54 Å². The van der Waals surface area contributed by atoms with Gasteiger partial charge in [-0.2, -0.15) is 5.10 Å². The number of aromatic nitrogens is 2. The lowest BCUT2D eigenvalue weighted by Gasteiger charge is -2.00. The van der Waals surface area contributed by atoms with Crippen LogP contribution >= 0.6 is 0 Å². The minimum Gasteiger partial charge on any atom is -0.497 e. The zero-order valence-corrected chi connectivity index (χ0v) is 8.29.